The van der Waals surface area contributed by atoms with Crippen LogP contribution in [0.3, 0.4) is 0 Å². The molecule has 0 fully saturated rings. The van der Waals surface area contributed by atoms with Crippen molar-refractivity contribution in [3.05, 3.63) is 28.5 Å². The van der Waals surface area contributed by atoms with E-state index < -0.39 is 0 Å². The SMILES string of the molecule is Cn1c(C(N)CCO)cc2ncc(Br)cc21. The number of halogens is 1. The minimum Gasteiger partial charge on any atom is -0.396 e. The van der Waals surface area contributed by atoms with Crippen LogP contribution in [0.25, 0.3) is 11.0 Å². The van der Waals surface area contributed by atoms with Gasteiger partial charge in [0, 0.05) is 36.1 Å². The molecule has 0 spiro atoms. The van der Waals surface area contributed by atoms with E-state index in [2.05, 4.69) is 20.9 Å². The van der Waals surface area contributed by atoms with Crippen LogP contribution in [0.15, 0.2) is 22.8 Å². The molecule has 0 aliphatic rings. The Morgan fingerprint density at radius 1 is 1.56 bits per heavy atom. The van der Waals surface area contributed by atoms with Crippen LogP contribution in [0, 0.1) is 0 Å². The molecule has 0 aromatic carbocycles. The Bertz CT molecular complexity index is 509. The number of aryl methyl sites for hydroxylation is 1. The number of hydrogen-bond acceptors (Lipinski definition) is 3. The van der Waals surface area contributed by atoms with Crippen LogP contribution < -0.4 is 5.73 Å². The zero-order valence-electron chi connectivity index (χ0n) is 9.02. The highest BCUT2D eigenvalue weighted by atomic mass is 79.9. The summed E-state index contributed by atoms with van der Waals surface area (Å²) in [6, 6.07) is 3.84. The number of aromatic nitrogens is 2. The van der Waals surface area contributed by atoms with Crippen molar-refractivity contribution in [1.29, 1.82) is 0 Å². The molecule has 86 valence electrons. The van der Waals surface area contributed by atoms with Crippen molar-refractivity contribution in [3.8, 4) is 0 Å². The van der Waals surface area contributed by atoms with E-state index in [0.29, 0.717) is 6.42 Å². The van der Waals surface area contributed by atoms with Gasteiger partial charge < -0.3 is 15.4 Å². The Labute approximate surface area is 102 Å². The van der Waals surface area contributed by atoms with Gasteiger partial charge in [-0.05, 0) is 34.5 Å². The van der Waals surface area contributed by atoms with Gasteiger partial charge in [0.1, 0.15) is 0 Å². The predicted molar refractivity (Wildman–Crippen MR) is 67.0 cm³/mol. The minimum atomic E-state index is -0.150. The number of fused-ring (bicyclic) bond motifs is 1. The Hall–Kier alpha value is -0.910. The van der Waals surface area contributed by atoms with E-state index in [4.69, 9.17) is 10.8 Å². The number of nitrogens with zero attached hydrogens (tertiary/aromatic N) is 2. The van der Waals surface area contributed by atoms with E-state index >= 15 is 0 Å². The molecule has 4 nitrogen and oxygen atoms in total. The molecule has 0 radical (unpaired) electrons. The molecule has 0 aliphatic carbocycles. The molecule has 0 amide bonds. The molecular formula is C11H14BrN3O. The van der Waals surface area contributed by atoms with E-state index in [-0.39, 0.29) is 12.6 Å². The summed E-state index contributed by atoms with van der Waals surface area (Å²) < 4.78 is 2.97. The average molecular weight is 284 g/mol. The lowest BCUT2D eigenvalue weighted by Gasteiger charge is -2.11. The van der Waals surface area contributed by atoms with Crippen molar-refractivity contribution in [2.24, 2.45) is 12.8 Å². The monoisotopic (exact) mass is 283 g/mol. The molecule has 2 heterocycles. The summed E-state index contributed by atoms with van der Waals surface area (Å²) in [5, 5.41) is 8.90. The van der Waals surface area contributed by atoms with Crippen LogP contribution in [-0.2, 0) is 7.05 Å². The number of aliphatic hydroxyl groups excluding tert-OH is 1. The first-order chi connectivity index (χ1) is 7.63. The summed E-state index contributed by atoms with van der Waals surface area (Å²) in [4.78, 5) is 4.32. The molecular weight excluding hydrogens is 270 g/mol. The molecule has 5 heteroatoms. The lowest BCUT2D eigenvalue weighted by molar-refractivity contribution is 0.275. The van der Waals surface area contributed by atoms with Crippen LogP contribution >= 0.6 is 15.9 Å². The molecule has 3 N–H and O–H groups in total. The first-order valence-electron chi connectivity index (χ1n) is 5.11. The zero-order valence-corrected chi connectivity index (χ0v) is 10.6. The number of hydrogen-bond donors (Lipinski definition) is 2. The fourth-order valence-electron chi connectivity index (χ4n) is 1.84. The number of pyridine rings is 1. The van der Waals surface area contributed by atoms with Gasteiger partial charge in [0.2, 0.25) is 0 Å². The van der Waals surface area contributed by atoms with E-state index in [1.807, 2.05) is 23.7 Å². The first kappa shape index (κ1) is 11.6. The summed E-state index contributed by atoms with van der Waals surface area (Å²) in [6.07, 6.45) is 2.33. The summed E-state index contributed by atoms with van der Waals surface area (Å²) in [6.45, 7) is 0.0970. The third-order valence-electron chi connectivity index (χ3n) is 2.72. The fraction of sp³-hybridized carbons (Fsp3) is 0.364. The van der Waals surface area contributed by atoms with Crippen LogP contribution in [-0.4, -0.2) is 21.3 Å². The fourth-order valence-corrected chi connectivity index (χ4v) is 2.16. The number of nitrogens with two attached hydrogens (primary N) is 1. The highest BCUT2D eigenvalue weighted by Crippen LogP contribution is 2.24. The van der Waals surface area contributed by atoms with Crippen LogP contribution in [0.2, 0.25) is 0 Å². The van der Waals surface area contributed by atoms with Gasteiger partial charge in [-0.2, -0.15) is 0 Å². The van der Waals surface area contributed by atoms with Crippen molar-refractivity contribution < 1.29 is 5.11 Å². The van der Waals surface area contributed by atoms with Crippen molar-refractivity contribution in [2.45, 2.75) is 12.5 Å². The van der Waals surface area contributed by atoms with Gasteiger partial charge >= 0.3 is 0 Å². The number of aliphatic hydroxyl groups is 1. The molecule has 16 heavy (non-hydrogen) atoms. The van der Waals surface area contributed by atoms with Gasteiger partial charge in [-0.15, -0.1) is 0 Å². The molecule has 0 aliphatic heterocycles. The van der Waals surface area contributed by atoms with E-state index in [0.717, 1.165) is 21.2 Å². The maximum atomic E-state index is 8.90. The maximum absolute atomic E-state index is 8.90. The second kappa shape index (κ2) is 4.53. The third kappa shape index (κ3) is 1.98. The lowest BCUT2D eigenvalue weighted by Crippen LogP contribution is -2.15. The molecule has 1 unspecified atom stereocenters. The smallest absolute Gasteiger partial charge is 0.0885 e. The highest BCUT2D eigenvalue weighted by Gasteiger charge is 2.13. The molecule has 2 aromatic rings. The van der Waals surface area contributed by atoms with Crippen molar-refractivity contribution in [1.82, 2.24) is 9.55 Å². The van der Waals surface area contributed by atoms with Gasteiger partial charge in [-0.3, -0.25) is 4.98 Å². The van der Waals surface area contributed by atoms with E-state index in [9.17, 15) is 0 Å². The number of rotatable bonds is 3. The predicted octanol–water partition coefficient (Wildman–Crippen LogP) is 1.72. The van der Waals surface area contributed by atoms with Crippen molar-refractivity contribution in [2.75, 3.05) is 6.61 Å². The van der Waals surface area contributed by atoms with Crippen molar-refractivity contribution in [3.63, 3.8) is 0 Å². The van der Waals surface area contributed by atoms with Gasteiger partial charge in [0.05, 0.1) is 11.0 Å². The van der Waals surface area contributed by atoms with E-state index in [1.165, 1.54) is 0 Å². The zero-order chi connectivity index (χ0) is 11.7. The van der Waals surface area contributed by atoms with E-state index in [1.54, 1.807) is 6.20 Å². The van der Waals surface area contributed by atoms with Crippen LogP contribution in [0.5, 0.6) is 0 Å². The Kier molecular flexibility index (Phi) is 3.28. The molecule has 0 saturated heterocycles. The molecule has 2 rings (SSSR count). The van der Waals surface area contributed by atoms with Gasteiger partial charge in [-0.1, -0.05) is 0 Å². The molecule has 0 bridgehead atoms. The topological polar surface area (TPSA) is 64.1 Å². The Balaban J connectivity index is 2.51. The van der Waals surface area contributed by atoms with Crippen molar-refractivity contribution >= 4 is 27.0 Å². The lowest BCUT2D eigenvalue weighted by atomic mass is 10.1. The van der Waals surface area contributed by atoms with Crippen LogP contribution in [0.4, 0.5) is 0 Å². The largest absolute Gasteiger partial charge is 0.396 e. The summed E-state index contributed by atoms with van der Waals surface area (Å²) in [7, 11) is 1.96. The highest BCUT2D eigenvalue weighted by molar-refractivity contribution is 9.10. The molecule has 2 aromatic heterocycles. The van der Waals surface area contributed by atoms with Gasteiger partial charge in [-0.25, -0.2) is 0 Å². The van der Waals surface area contributed by atoms with Gasteiger partial charge in [0.25, 0.3) is 0 Å². The quantitative estimate of drug-likeness (QED) is 0.902. The normalized spacial score (nSPS) is 13.2. The second-order valence-electron chi connectivity index (χ2n) is 3.80. The summed E-state index contributed by atoms with van der Waals surface area (Å²) in [5.41, 5.74) is 8.95. The van der Waals surface area contributed by atoms with Gasteiger partial charge in [0.15, 0.2) is 0 Å². The first-order valence-corrected chi connectivity index (χ1v) is 5.90. The third-order valence-corrected chi connectivity index (χ3v) is 3.15. The standard InChI is InChI=1S/C11H14BrN3O/c1-15-10(8(13)2-3-16)5-9-11(15)4-7(12)6-14-9/h4-6,8,16H,2-3,13H2,1H3. The summed E-state index contributed by atoms with van der Waals surface area (Å²) in [5.74, 6) is 0. The minimum absolute atomic E-state index is 0.0970. The maximum Gasteiger partial charge on any atom is 0.0885 e. The second-order valence-corrected chi connectivity index (χ2v) is 4.72. The Morgan fingerprint density at radius 2 is 2.31 bits per heavy atom. The molecule has 1 atom stereocenters. The average Bonchev–Trinajstić information content (AvgIpc) is 2.57. The molecule has 0 saturated carbocycles. The van der Waals surface area contributed by atoms with Crippen LogP contribution in [0.1, 0.15) is 18.2 Å². The Morgan fingerprint density at radius 3 is 3.00 bits per heavy atom. The summed E-state index contributed by atoms with van der Waals surface area (Å²) >= 11 is 3.40.